The number of carbonyl (C=O) groups is 1. The second-order valence-corrected chi connectivity index (χ2v) is 7.50. The highest BCUT2D eigenvalue weighted by Gasteiger charge is 2.35. The van der Waals surface area contributed by atoms with Crippen molar-refractivity contribution in [3.63, 3.8) is 0 Å². The highest BCUT2D eigenvalue weighted by molar-refractivity contribution is 6.30. The number of hydrogen-bond acceptors (Lipinski definition) is 3. The molecule has 0 unspecified atom stereocenters. The SMILES string of the molecule is O=C(Cn1nc(-c2ccc(Cl)cc2)ccc1=O)NC[C@@H]1C[C@@H]2C=C[C@H]1C2. The fourth-order valence-electron chi connectivity index (χ4n) is 3.90. The summed E-state index contributed by atoms with van der Waals surface area (Å²) in [5, 5.41) is 7.92. The molecule has 5 nitrogen and oxygen atoms in total. The van der Waals surface area contributed by atoms with Crippen LogP contribution in [0.1, 0.15) is 12.8 Å². The van der Waals surface area contributed by atoms with Gasteiger partial charge in [-0.25, -0.2) is 4.68 Å². The van der Waals surface area contributed by atoms with E-state index in [2.05, 4.69) is 22.6 Å². The molecule has 0 aliphatic heterocycles. The third-order valence-corrected chi connectivity index (χ3v) is 5.53. The monoisotopic (exact) mass is 369 g/mol. The van der Waals surface area contributed by atoms with Crippen molar-refractivity contribution in [2.75, 3.05) is 6.54 Å². The third kappa shape index (κ3) is 3.58. The number of aromatic nitrogens is 2. The van der Waals surface area contributed by atoms with Gasteiger partial charge in [-0.2, -0.15) is 5.10 Å². The molecule has 1 fully saturated rings. The zero-order chi connectivity index (χ0) is 18.1. The van der Waals surface area contributed by atoms with E-state index in [0.717, 1.165) is 12.0 Å². The summed E-state index contributed by atoms with van der Waals surface area (Å²) in [6.45, 7) is 0.590. The van der Waals surface area contributed by atoms with Crippen molar-refractivity contribution in [3.05, 3.63) is 63.9 Å². The Labute approximate surface area is 156 Å². The molecule has 2 bridgehead atoms. The molecule has 0 saturated heterocycles. The van der Waals surface area contributed by atoms with Crippen LogP contribution in [0, 0.1) is 17.8 Å². The summed E-state index contributed by atoms with van der Waals surface area (Å²) in [6.07, 6.45) is 6.91. The zero-order valence-electron chi connectivity index (χ0n) is 14.3. The third-order valence-electron chi connectivity index (χ3n) is 5.28. The van der Waals surface area contributed by atoms with Gasteiger partial charge in [0.2, 0.25) is 5.91 Å². The van der Waals surface area contributed by atoms with Gasteiger partial charge in [0.15, 0.2) is 0 Å². The number of nitrogens with one attached hydrogen (secondary N) is 1. The summed E-state index contributed by atoms with van der Waals surface area (Å²) < 4.78 is 1.21. The predicted octanol–water partition coefficient (Wildman–Crippen LogP) is 2.89. The molecule has 134 valence electrons. The Morgan fingerprint density at radius 3 is 2.65 bits per heavy atom. The molecular weight excluding hydrogens is 350 g/mol. The van der Waals surface area contributed by atoms with Crippen LogP contribution in [0.2, 0.25) is 5.02 Å². The Balaban J connectivity index is 1.41. The fourth-order valence-corrected chi connectivity index (χ4v) is 4.03. The minimum Gasteiger partial charge on any atom is -0.354 e. The van der Waals surface area contributed by atoms with E-state index in [1.807, 2.05) is 12.1 Å². The lowest BCUT2D eigenvalue weighted by Gasteiger charge is -2.18. The minimum atomic E-state index is -0.291. The van der Waals surface area contributed by atoms with Crippen molar-refractivity contribution in [2.45, 2.75) is 19.4 Å². The first-order valence-electron chi connectivity index (χ1n) is 8.87. The molecule has 1 aromatic carbocycles. The highest BCUT2D eigenvalue weighted by Crippen LogP contribution is 2.42. The molecular formula is C20H20ClN3O2. The van der Waals surface area contributed by atoms with Crippen LogP contribution in [0.25, 0.3) is 11.3 Å². The lowest BCUT2D eigenvalue weighted by molar-refractivity contribution is -0.122. The number of rotatable bonds is 5. The summed E-state index contributed by atoms with van der Waals surface area (Å²) in [5.74, 6) is 1.61. The highest BCUT2D eigenvalue weighted by atomic mass is 35.5. The number of hydrogen-bond donors (Lipinski definition) is 1. The smallest absolute Gasteiger partial charge is 0.267 e. The van der Waals surface area contributed by atoms with Crippen LogP contribution in [-0.4, -0.2) is 22.2 Å². The number of nitrogens with zero attached hydrogens (tertiary/aromatic N) is 2. The van der Waals surface area contributed by atoms with E-state index in [1.165, 1.54) is 17.2 Å². The van der Waals surface area contributed by atoms with E-state index in [9.17, 15) is 9.59 Å². The Morgan fingerprint density at radius 1 is 1.15 bits per heavy atom. The molecule has 1 heterocycles. The van der Waals surface area contributed by atoms with Crippen molar-refractivity contribution in [2.24, 2.45) is 17.8 Å². The minimum absolute atomic E-state index is 0.0725. The lowest BCUT2D eigenvalue weighted by Crippen LogP contribution is -2.36. The maximum atomic E-state index is 12.3. The molecule has 1 saturated carbocycles. The number of allylic oxidation sites excluding steroid dienone is 2. The van der Waals surface area contributed by atoms with Gasteiger partial charge in [-0.3, -0.25) is 9.59 Å². The van der Waals surface area contributed by atoms with Crippen molar-refractivity contribution in [1.29, 1.82) is 0 Å². The molecule has 4 rings (SSSR count). The molecule has 6 heteroatoms. The van der Waals surface area contributed by atoms with E-state index in [1.54, 1.807) is 18.2 Å². The summed E-state index contributed by atoms with van der Waals surface area (Å²) in [7, 11) is 0. The van der Waals surface area contributed by atoms with E-state index in [-0.39, 0.29) is 18.0 Å². The van der Waals surface area contributed by atoms with Crippen molar-refractivity contribution in [1.82, 2.24) is 15.1 Å². The zero-order valence-corrected chi connectivity index (χ0v) is 15.0. The van der Waals surface area contributed by atoms with Gasteiger partial charge < -0.3 is 5.32 Å². The summed E-state index contributed by atoms with van der Waals surface area (Å²) in [4.78, 5) is 24.3. The molecule has 3 atom stereocenters. The van der Waals surface area contributed by atoms with Gasteiger partial charge in [-0.15, -0.1) is 0 Å². The maximum absolute atomic E-state index is 12.3. The summed E-state index contributed by atoms with van der Waals surface area (Å²) in [6, 6.07) is 10.3. The van der Waals surface area contributed by atoms with Crippen molar-refractivity contribution in [3.8, 4) is 11.3 Å². The first-order valence-corrected chi connectivity index (χ1v) is 9.25. The molecule has 2 aromatic rings. The lowest BCUT2D eigenvalue weighted by atomic mass is 9.94. The van der Waals surface area contributed by atoms with Crippen LogP contribution in [0.3, 0.4) is 0 Å². The summed E-state index contributed by atoms with van der Waals surface area (Å²) >= 11 is 5.90. The van der Waals surface area contributed by atoms with Gasteiger partial charge in [0, 0.05) is 23.2 Å². The molecule has 1 amide bonds. The maximum Gasteiger partial charge on any atom is 0.267 e. The van der Waals surface area contributed by atoms with Gasteiger partial charge in [-0.1, -0.05) is 35.9 Å². The molecule has 0 spiro atoms. The Morgan fingerprint density at radius 2 is 1.96 bits per heavy atom. The number of halogens is 1. The number of amides is 1. The largest absolute Gasteiger partial charge is 0.354 e. The van der Waals surface area contributed by atoms with Gasteiger partial charge in [0.1, 0.15) is 6.54 Å². The Bertz CT molecular complexity index is 904. The van der Waals surface area contributed by atoms with Crippen LogP contribution in [-0.2, 0) is 11.3 Å². The van der Waals surface area contributed by atoms with E-state index in [4.69, 9.17) is 11.6 Å². The first-order chi connectivity index (χ1) is 12.6. The van der Waals surface area contributed by atoms with Crippen LogP contribution in [0.5, 0.6) is 0 Å². The fraction of sp³-hybridized carbons (Fsp3) is 0.350. The topological polar surface area (TPSA) is 64.0 Å². The van der Waals surface area contributed by atoms with Gasteiger partial charge >= 0.3 is 0 Å². The van der Waals surface area contributed by atoms with Crippen LogP contribution >= 0.6 is 11.6 Å². The van der Waals surface area contributed by atoms with Crippen LogP contribution < -0.4 is 10.9 Å². The molecule has 0 radical (unpaired) electrons. The average molecular weight is 370 g/mol. The van der Waals surface area contributed by atoms with Crippen molar-refractivity contribution >= 4 is 17.5 Å². The summed E-state index contributed by atoms with van der Waals surface area (Å²) in [5.41, 5.74) is 1.19. The second-order valence-electron chi connectivity index (χ2n) is 7.07. The molecule has 26 heavy (non-hydrogen) atoms. The predicted molar refractivity (Wildman–Crippen MR) is 101 cm³/mol. The molecule has 1 aromatic heterocycles. The quantitative estimate of drug-likeness (QED) is 0.824. The number of benzene rings is 1. The Hall–Kier alpha value is -2.40. The Kier molecular flexibility index (Phi) is 4.64. The number of fused-ring (bicyclic) bond motifs is 2. The normalized spacial score (nSPS) is 23.3. The van der Waals surface area contributed by atoms with E-state index in [0.29, 0.717) is 35.0 Å². The average Bonchev–Trinajstić information content (AvgIpc) is 3.26. The first kappa shape index (κ1) is 17.0. The van der Waals surface area contributed by atoms with Crippen LogP contribution in [0.4, 0.5) is 0 Å². The molecule has 2 aliphatic carbocycles. The van der Waals surface area contributed by atoms with Gasteiger partial charge in [0.25, 0.3) is 5.56 Å². The second kappa shape index (κ2) is 7.08. The van der Waals surface area contributed by atoms with E-state index < -0.39 is 0 Å². The standard InChI is InChI=1S/C20H20ClN3O2/c21-17-5-3-14(4-6-17)18-7-8-20(26)24(23-18)12-19(25)22-11-16-10-13-1-2-15(16)9-13/h1-8,13,15-16H,9-12H2,(H,22,25)/t13-,15+,16+/m1/s1. The van der Waals surface area contributed by atoms with E-state index >= 15 is 0 Å². The molecule has 2 aliphatic rings. The van der Waals surface area contributed by atoms with Crippen molar-refractivity contribution < 1.29 is 4.79 Å². The molecule has 1 N–H and O–H groups in total. The van der Waals surface area contributed by atoms with Gasteiger partial charge in [-0.05, 0) is 48.8 Å². The van der Waals surface area contributed by atoms with Crippen LogP contribution in [0.15, 0.2) is 53.3 Å². The van der Waals surface area contributed by atoms with Gasteiger partial charge in [0.05, 0.1) is 5.69 Å². The number of carbonyl (C=O) groups excluding carboxylic acids is 1.